The number of Topliss-reactive ketones (excluding diaryl/α,β-unsaturated/α-hetero) is 1. The number of aliphatic hydroxyl groups excluding tert-OH is 1. The Morgan fingerprint density at radius 1 is 1.02 bits per heavy atom. The summed E-state index contributed by atoms with van der Waals surface area (Å²) in [6.45, 7) is 18.5. The molecule has 8 bridgehead atoms. The third-order valence-electron chi connectivity index (χ3n) is 10.8. The third-order valence-corrected chi connectivity index (χ3v) is 10.8. The summed E-state index contributed by atoms with van der Waals surface area (Å²) in [5, 5.41) is 18.0. The Kier molecular flexibility index (Phi) is 11.6. The second-order valence-corrected chi connectivity index (χ2v) is 13.6. The summed E-state index contributed by atoms with van der Waals surface area (Å²) in [5.41, 5.74) is 11.0. The van der Waals surface area contributed by atoms with E-state index in [0.717, 1.165) is 74.0 Å². The number of rotatable bonds is 10. The Balaban J connectivity index is 0.00000504. The Morgan fingerprint density at radius 2 is 1.73 bits per heavy atom. The number of hydrogen-bond acceptors (Lipinski definition) is 5. The number of hydrogen-bond donors (Lipinski definition) is 1. The maximum Gasteiger partial charge on any atom is 2.00 e. The summed E-state index contributed by atoms with van der Waals surface area (Å²) in [4.78, 5) is 42.4. The van der Waals surface area contributed by atoms with E-state index >= 15 is 0 Å². The van der Waals surface area contributed by atoms with Gasteiger partial charge in [0.25, 0.3) is 0 Å². The maximum atomic E-state index is 14.2. The summed E-state index contributed by atoms with van der Waals surface area (Å²) in [6, 6.07) is 0. The van der Waals surface area contributed by atoms with Gasteiger partial charge in [-0.3, -0.25) is 9.59 Å². The number of aromatic nitrogens is 3. The number of ketones is 1. The first kappa shape index (κ1) is 38.4. The van der Waals surface area contributed by atoms with Gasteiger partial charge in [-0.2, -0.15) is 11.4 Å². The molecule has 10 heteroatoms. The van der Waals surface area contributed by atoms with E-state index in [1.54, 1.807) is 0 Å². The van der Waals surface area contributed by atoms with Gasteiger partial charge in [-0.25, -0.2) is 0 Å². The maximum absolute atomic E-state index is 14.2. The zero-order valence-corrected chi connectivity index (χ0v) is 32.4. The standard InChI is InChI=1S/C41H47N4O5.Mg/c1-10-20(4)15-16-50-34(46)14-13-27-23(7)30-17-28-21(5)25(11-2)32(42-28)18-29-22(6)26(12-3)33(43-29)19-31-24(8)35-39(45-31)36(38(27)44-30)37(40(35)47)41(48)49-9;/h11,15,17-19,23,27,37,41,48H,2,10,12-14,16H2,1,3-9H3,(H-,44,45,47);/q-3;+2/p-1/b20-15-,29-18-,30-17-,33-19-;/t23-,27-,37+,41?;/m0./s1. The predicted molar refractivity (Wildman–Crippen MR) is 201 cm³/mol. The molecular weight excluding hydrogens is 653 g/mol. The molecule has 3 aliphatic rings. The van der Waals surface area contributed by atoms with Gasteiger partial charge < -0.3 is 34.8 Å². The Bertz CT molecular complexity index is 2110. The fourth-order valence-electron chi connectivity index (χ4n) is 7.51. The van der Waals surface area contributed by atoms with E-state index in [0.29, 0.717) is 34.6 Å². The SMILES string of the molecule is C=Cc1c2[n-]c(c1C)/C=C1\[N-]/C(=C3\c4[n-]c(c(C)c4C(=O)[C@@H]3C(O)OC)/C=c3\[n-]/c(c(C)c3CC)=C\2)[C@@H](CCC(=O)OC/C=C(/C)CC)[C@@H]1C.[Mg+2]. The second-order valence-electron chi connectivity index (χ2n) is 13.6. The van der Waals surface area contributed by atoms with Crippen molar-refractivity contribution in [2.45, 2.75) is 80.4 Å². The topological polar surface area (TPSA) is 129 Å². The van der Waals surface area contributed by atoms with Crippen LogP contribution in [0.1, 0.15) is 108 Å². The van der Waals surface area contributed by atoms with Crippen LogP contribution in [0.3, 0.4) is 0 Å². The summed E-state index contributed by atoms with van der Waals surface area (Å²) in [7, 11) is 1.38. The molecule has 1 fully saturated rings. The van der Waals surface area contributed by atoms with E-state index in [2.05, 4.69) is 34.3 Å². The van der Waals surface area contributed by atoms with Crippen molar-refractivity contribution in [1.82, 2.24) is 15.0 Å². The molecule has 5 heterocycles. The smallest absolute Gasteiger partial charge is 0.664 e. The van der Waals surface area contributed by atoms with E-state index < -0.39 is 12.2 Å². The molecule has 6 rings (SSSR count). The molecule has 9 nitrogen and oxygen atoms in total. The second kappa shape index (κ2) is 15.4. The first-order valence-corrected chi connectivity index (χ1v) is 17.5. The largest absolute Gasteiger partial charge is 2.00 e. The molecular formula is C41H46MgN4O5-2. The molecule has 1 saturated heterocycles. The molecule has 0 amide bonds. The Labute approximate surface area is 316 Å². The van der Waals surface area contributed by atoms with Gasteiger partial charge in [0.2, 0.25) is 0 Å². The van der Waals surface area contributed by atoms with E-state index in [1.807, 2.05) is 51.2 Å². The van der Waals surface area contributed by atoms with Gasteiger partial charge in [-0.15, -0.1) is 33.5 Å². The van der Waals surface area contributed by atoms with Crippen molar-refractivity contribution in [1.29, 1.82) is 0 Å². The number of aliphatic hydroxyl groups is 1. The third kappa shape index (κ3) is 6.79. The van der Waals surface area contributed by atoms with Crippen molar-refractivity contribution in [3.63, 3.8) is 0 Å². The molecule has 264 valence electrons. The molecule has 2 aliphatic heterocycles. The zero-order chi connectivity index (χ0) is 36.0. The van der Waals surface area contributed by atoms with Crippen LogP contribution in [0.5, 0.6) is 0 Å². The van der Waals surface area contributed by atoms with Crippen molar-refractivity contribution < 1.29 is 24.2 Å². The van der Waals surface area contributed by atoms with E-state index in [-0.39, 0.29) is 59.7 Å². The molecule has 4 atom stereocenters. The van der Waals surface area contributed by atoms with Crippen molar-refractivity contribution in [2.75, 3.05) is 13.7 Å². The van der Waals surface area contributed by atoms with Crippen molar-refractivity contribution >= 4 is 64.7 Å². The van der Waals surface area contributed by atoms with Gasteiger partial charge in [0.05, 0.1) is 5.92 Å². The summed E-state index contributed by atoms with van der Waals surface area (Å²) >= 11 is 0. The van der Waals surface area contributed by atoms with Gasteiger partial charge in [0.15, 0.2) is 12.1 Å². The fraction of sp³-hybridized carbons (Fsp3) is 0.415. The summed E-state index contributed by atoms with van der Waals surface area (Å²) < 4.78 is 10.9. The van der Waals surface area contributed by atoms with Crippen LogP contribution < -0.4 is 25.7 Å². The van der Waals surface area contributed by atoms with Crippen LogP contribution in [0.2, 0.25) is 0 Å². The number of fused-ring (bicyclic) bond motifs is 7. The van der Waals surface area contributed by atoms with Gasteiger partial charge in [0.1, 0.15) is 6.61 Å². The van der Waals surface area contributed by atoms with Crippen LogP contribution in [-0.2, 0) is 20.7 Å². The Hall–Kier alpha value is -3.83. The average molecular weight is 699 g/mol. The number of carbonyl (C=O) groups is 2. The minimum atomic E-state index is -1.41. The monoisotopic (exact) mass is 698 g/mol. The molecule has 0 aromatic carbocycles. The van der Waals surface area contributed by atoms with Crippen molar-refractivity contribution in [3.05, 3.63) is 102 Å². The van der Waals surface area contributed by atoms with Crippen LogP contribution in [-0.4, -0.2) is 59.9 Å². The number of nitrogens with zero attached hydrogens (tertiary/aromatic N) is 4. The molecule has 0 spiro atoms. The average Bonchev–Trinajstić information content (AvgIpc) is 3.84. The van der Waals surface area contributed by atoms with Gasteiger partial charge in [0, 0.05) is 19.1 Å². The number of esters is 1. The zero-order valence-electron chi connectivity index (χ0n) is 31.0. The predicted octanol–water partition coefficient (Wildman–Crippen LogP) is 5.13. The quantitative estimate of drug-likeness (QED) is 0.134. The van der Waals surface area contributed by atoms with Crippen LogP contribution in [0.25, 0.3) is 35.2 Å². The fourth-order valence-corrected chi connectivity index (χ4v) is 7.51. The minimum Gasteiger partial charge on any atom is -0.664 e. The van der Waals surface area contributed by atoms with E-state index in [9.17, 15) is 14.7 Å². The molecule has 3 aromatic rings. The minimum absolute atomic E-state index is 0. The molecule has 51 heavy (non-hydrogen) atoms. The van der Waals surface area contributed by atoms with E-state index in [4.69, 9.17) is 29.7 Å². The summed E-state index contributed by atoms with van der Waals surface area (Å²) in [6.07, 6.45) is 10.5. The number of carbonyl (C=O) groups excluding carboxylic acids is 2. The number of ether oxygens (including phenoxy) is 2. The van der Waals surface area contributed by atoms with Crippen LogP contribution in [0, 0.1) is 38.5 Å². The number of allylic oxidation sites excluding steroid dienone is 3. The molecule has 1 aliphatic carbocycles. The van der Waals surface area contributed by atoms with E-state index in [1.165, 1.54) is 7.11 Å². The Morgan fingerprint density at radius 3 is 2.39 bits per heavy atom. The van der Waals surface area contributed by atoms with Crippen LogP contribution in [0.15, 0.2) is 29.6 Å². The van der Waals surface area contributed by atoms with Crippen molar-refractivity contribution in [3.8, 4) is 0 Å². The van der Waals surface area contributed by atoms with Crippen LogP contribution in [0.4, 0.5) is 0 Å². The normalized spacial score (nSPS) is 23.7. The first-order chi connectivity index (χ1) is 23.9. The molecule has 3 aromatic heterocycles. The van der Waals surface area contributed by atoms with Gasteiger partial charge in [-0.1, -0.05) is 85.1 Å². The summed E-state index contributed by atoms with van der Waals surface area (Å²) in [5.74, 6) is -2.00. The first-order valence-electron chi connectivity index (χ1n) is 17.5. The number of methoxy groups -OCH3 is 1. The van der Waals surface area contributed by atoms with Crippen LogP contribution >= 0.6 is 0 Å². The van der Waals surface area contributed by atoms with Gasteiger partial charge in [-0.05, 0) is 70.4 Å². The van der Waals surface area contributed by atoms with Gasteiger partial charge >= 0.3 is 29.0 Å². The van der Waals surface area contributed by atoms with Crippen molar-refractivity contribution in [2.24, 2.45) is 17.8 Å². The molecule has 0 radical (unpaired) electrons. The molecule has 1 unspecified atom stereocenters. The molecule has 0 saturated carbocycles. The molecule has 1 N–H and O–H groups in total.